The molecule has 1 heterocycles. The van der Waals surface area contributed by atoms with E-state index < -0.39 is 0 Å². The minimum absolute atomic E-state index is 0.755. The van der Waals surface area contributed by atoms with Crippen LogP contribution in [0.4, 0.5) is 5.82 Å². The number of nitrogens with zero attached hydrogens (tertiary/aromatic N) is 1. The van der Waals surface area contributed by atoms with Crippen LogP contribution in [0.5, 0.6) is 0 Å². The monoisotopic (exact) mass is 261 g/mol. The SMILES string of the molecule is C[n+]1ccc(/C=C/c2cccc3ccccc23)cc1N. The normalized spacial score (nSPS) is 11.2. The molecule has 98 valence electrons. The summed E-state index contributed by atoms with van der Waals surface area (Å²) >= 11 is 0. The third-order valence-corrected chi connectivity index (χ3v) is 3.49. The van der Waals surface area contributed by atoms with E-state index in [9.17, 15) is 0 Å². The van der Waals surface area contributed by atoms with Crippen molar-refractivity contribution in [3.63, 3.8) is 0 Å². The van der Waals surface area contributed by atoms with Crippen LogP contribution in [0.1, 0.15) is 11.1 Å². The summed E-state index contributed by atoms with van der Waals surface area (Å²) < 4.78 is 1.90. The first kappa shape index (κ1) is 12.4. The van der Waals surface area contributed by atoms with E-state index in [-0.39, 0.29) is 0 Å². The molecule has 2 nitrogen and oxygen atoms in total. The summed E-state index contributed by atoms with van der Waals surface area (Å²) in [6, 6.07) is 18.8. The Morgan fingerprint density at radius 1 is 0.950 bits per heavy atom. The van der Waals surface area contributed by atoms with Crippen LogP contribution in [0, 0.1) is 0 Å². The van der Waals surface area contributed by atoms with E-state index in [0.29, 0.717) is 0 Å². The van der Waals surface area contributed by atoms with Gasteiger partial charge in [-0.2, -0.15) is 0 Å². The van der Waals surface area contributed by atoms with Gasteiger partial charge < -0.3 is 0 Å². The van der Waals surface area contributed by atoms with E-state index in [1.807, 2.05) is 23.9 Å². The standard InChI is InChI=1S/C18H16N2/c1-20-12-11-14(13-18(20)19)9-10-16-7-4-6-15-5-2-3-8-17(15)16/h2-13,19H,1H3/p+1/b10-9+. The van der Waals surface area contributed by atoms with Gasteiger partial charge in [-0.15, -0.1) is 0 Å². The van der Waals surface area contributed by atoms with Crippen molar-refractivity contribution in [1.29, 1.82) is 0 Å². The number of aromatic nitrogens is 1. The predicted octanol–water partition coefficient (Wildman–Crippen LogP) is 3.42. The van der Waals surface area contributed by atoms with E-state index >= 15 is 0 Å². The fourth-order valence-electron chi connectivity index (χ4n) is 2.29. The highest BCUT2D eigenvalue weighted by Crippen LogP contribution is 2.20. The Morgan fingerprint density at radius 2 is 1.75 bits per heavy atom. The largest absolute Gasteiger partial charge is 0.287 e. The highest BCUT2D eigenvalue weighted by Gasteiger charge is 2.00. The molecule has 2 N–H and O–H groups in total. The maximum atomic E-state index is 5.91. The topological polar surface area (TPSA) is 29.9 Å². The Morgan fingerprint density at radius 3 is 2.60 bits per heavy atom. The van der Waals surface area contributed by atoms with E-state index in [2.05, 4.69) is 60.7 Å². The molecular weight excluding hydrogens is 244 g/mol. The Balaban J connectivity index is 2.00. The van der Waals surface area contributed by atoms with Gasteiger partial charge in [0.15, 0.2) is 0 Å². The first-order chi connectivity index (χ1) is 9.74. The van der Waals surface area contributed by atoms with E-state index in [1.165, 1.54) is 16.3 Å². The molecule has 1 aromatic heterocycles. The van der Waals surface area contributed by atoms with Gasteiger partial charge in [0, 0.05) is 6.07 Å². The molecule has 0 bridgehead atoms. The molecule has 0 unspecified atom stereocenters. The lowest BCUT2D eigenvalue weighted by Crippen LogP contribution is -2.31. The van der Waals surface area contributed by atoms with Crippen LogP contribution < -0.4 is 10.3 Å². The summed E-state index contributed by atoms with van der Waals surface area (Å²) in [4.78, 5) is 0. The van der Waals surface area contributed by atoms with Crippen LogP contribution in [0.25, 0.3) is 22.9 Å². The number of hydrogen-bond acceptors (Lipinski definition) is 1. The van der Waals surface area contributed by atoms with Gasteiger partial charge in [0.1, 0.15) is 0 Å². The summed E-state index contributed by atoms with van der Waals surface area (Å²) in [5, 5.41) is 2.52. The number of hydrogen-bond donors (Lipinski definition) is 1. The van der Waals surface area contributed by atoms with Gasteiger partial charge in [-0.25, -0.2) is 4.57 Å². The molecule has 0 saturated heterocycles. The number of benzene rings is 2. The summed E-state index contributed by atoms with van der Waals surface area (Å²) in [6.45, 7) is 0. The van der Waals surface area contributed by atoms with Crippen LogP contribution in [-0.2, 0) is 7.05 Å². The quantitative estimate of drug-likeness (QED) is 0.704. The minimum atomic E-state index is 0.755. The fraction of sp³-hybridized carbons (Fsp3) is 0.0556. The van der Waals surface area contributed by atoms with Gasteiger partial charge in [0.2, 0.25) is 0 Å². The molecule has 2 heteroatoms. The van der Waals surface area contributed by atoms with Crippen LogP contribution in [-0.4, -0.2) is 0 Å². The molecular formula is C18H17N2+. The lowest BCUT2D eigenvalue weighted by atomic mass is 10.0. The zero-order chi connectivity index (χ0) is 13.9. The summed E-state index contributed by atoms with van der Waals surface area (Å²) in [7, 11) is 1.94. The third-order valence-electron chi connectivity index (χ3n) is 3.49. The van der Waals surface area contributed by atoms with Crippen molar-refractivity contribution in [2.24, 2.45) is 7.05 Å². The van der Waals surface area contributed by atoms with Gasteiger partial charge in [-0.1, -0.05) is 54.6 Å². The third kappa shape index (κ3) is 2.41. The Labute approximate surface area is 118 Å². The number of anilines is 1. The number of aryl methyl sites for hydroxylation is 1. The van der Waals surface area contributed by atoms with E-state index in [0.717, 1.165) is 11.4 Å². The number of nitrogens with two attached hydrogens (primary N) is 1. The van der Waals surface area contributed by atoms with Crippen molar-refractivity contribution < 1.29 is 4.57 Å². The van der Waals surface area contributed by atoms with Crippen molar-refractivity contribution in [2.45, 2.75) is 0 Å². The fourth-order valence-corrected chi connectivity index (χ4v) is 2.29. The lowest BCUT2D eigenvalue weighted by molar-refractivity contribution is -0.656. The maximum absolute atomic E-state index is 5.91. The van der Waals surface area contributed by atoms with Crippen LogP contribution >= 0.6 is 0 Å². The van der Waals surface area contributed by atoms with E-state index in [4.69, 9.17) is 5.73 Å². The number of fused-ring (bicyclic) bond motifs is 1. The number of pyridine rings is 1. The van der Waals surface area contributed by atoms with Crippen molar-refractivity contribution in [3.8, 4) is 0 Å². The van der Waals surface area contributed by atoms with Crippen molar-refractivity contribution in [2.75, 3.05) is 5.73 Å². The molecule has 0 atom stereocenters. The Hall–Kier alpha value is -2.61. The zero-order valence-electron chi connectivity index (χ0n) is 11.5. The molecule has 0 aliphatic carbocycles. The molecule has 20 heavy (non-hydrogen) atoms. The predicted molar refractivity (Wildman–Crippen MR) is 84.9 cm³/mol. The second-order valence-electron chi connectivity index (χ2n) is 4.90. The first-order valence-electron chi connectivity index (χ1n) is 6.65. The van der Waals surface area contributed by atoms with Crippen molar-refractivity contribution in [1.82, 2.24) is 0 Å². The van der Waals surface area contributed by atoms with Crippen molar-refractivity contribution in [3.05, 3.63) is 71.9 Å². The van der Waals surface area contributed by atoms with Crippen molar-refractivity contribution >= 4 is 28.7 Å². The van der Waals surface area contributed by atoms with Crippen LogP contribution in [0.2, 0.25) is 0 Å². The van der Waals surface area contributed by atoms with Gasteiger partial charge >= 0.3 is 0 Å². The highest BCUT2D eigenvalue weighted by atomic mass is 15.0. The second-order valence-corrected chi connectivity index (χ2v) is 4.90. The smallest absolute Gasteiger partial charge is 0.272 e. The van der Waals surface area contributed by atoms with Gasteiger partial charge in [0.05, 0.1) is 13.2 Å². The highest BCUT2D eigenvalue weighted by molar-refractivity contribution is 5.92. The van der Waals surface area contributed by atoms with E-state index in [1.54, 1.807) is 0 Å². The average Bonchev–Trinajstić information content (AvgIpc) is 2.48. The molecule has 0 aliphatic heterocycles. The number of nitrogen functional groups attached to an aromatic ring is 1. The second kappa shape index (κ2) is 5.17. The Kier molecular flexibility index (Phi) is 3.21. The summed E-state index contributed by atoms with van der Waals surface area (Å²) in [6.07, 6.45) is 6.20. The molecule has 3 aromatic rings. The molecule has 2 aromatic carbocycles. The molecule has 0 fully saturated rings. The number of rotatable bonds is 2. The summed E-state index contributed by atoms with van der Waals surface area (Å²) in [5.74, 6) is 0.755. The average molecular weight is 261 g/mol. The van der Waals surface area contributed by atoms with Crippen LogP contribution in [0.15, 0.2) is 60.8 Å². The molecule has 0 radical (unpaired) electrons. The lowest BCUT2D eigenvalue weighted by Gasteiger charge is -2.02. The van der Waals surface area contributed by atoms with Gasteiger partial charge in [0.25, 0.3) is 5.82 Å². The maximum Gasteiger partial charge on any atom is 0.272 e. The Bertz CT molecular complexity index is 783. The first-order valence-corrected chi connectivity index (χ1v) is 6.65. The molecule has 0 saturated carbocycles. The zero-order valence-corrected chi connectivity index (χ0v) is 11.5. The van der Waals surface area contributed by atoms with Crippen LogP contribution in [0.3, 0.4) is 0 Å². The van der Waals surface area contributed by atoms with Gasteiger partial charge in [-0.3, -0.25) is 5.73 Å². The minimum Gasteiger partial charge on any atom is -0.287 e. The van der Waals surface area contributed by atoms with Gasteiger partial charge in [-0.05, 0) is 28.0 Å². The molecule has 0 aliphatic rings. The molecule has 0 amide bonds. The molecule has 0 spiro atoms. The summed E-state index contributed by atoms with van der Waals surface area (Å²) in [5.41, 5.74) is 8.23. The molecule has 3 rings (SSSR count).